The molecule has 2 nitrogen and oxygen atoms in total. The van der Waals surface area contributed by atoms with Gasteiger partial charge in [-0.2, -0.15) is 0 Å². The summed E-state index contributed by atoms with van der Waals surface area (Å²) in [7, 11) is 0. The molecule has 2 aliphatic carbocycles. The van der Waals surface area contributed by atoms with E-state index in [9.17, 15) is 5.11 Å². The Morgan fingerprint density at radius 3 is 2.35 bits per heavy atom. The topological polar surface area (TPSA) is 32.3 Å². The molecule has 2 rings (SSSR count). The minimum Gasteiger partial charge on any atom is -0.396 e. The Kier molecular flexibility index (Phi) is 5.30. The Labute approximate surface area is 106 Å². The van der Waals surface area contributed by atoms with Gasteiger partial charge in [0.25, 0.3) is 0 Å². The largest absolute Gasteiger partial charge is 0.396 e. The Morgan fingerprint density at radius 1 is 1.00 bits per heavy atom. The van der Waals surface area contributed by atoms with E-state index in [0.717, 1.165) is 18.9 Å². The highest BCUT2D eigenvalue weighted by Crippen LogP contribution is 2.38. The maximum absolute atomic E-state index is 9.27. The highest BCUT2D eigenvalue weighted by molar-refractivity contribution is 4.85. The van der Waals surface area contributed by atoms with E-state index in [1.54, 1.807) is 0 Å². The third-order valence-electron chi connectivity index (χ3n) is 4.96. The second kappa shape index (κ2) is 6.75. The van der Waals surface area contributed by atoms with E-state index in [1.807, 2.05) is 0 Å². The number of nitrogens with one attached hydrogen (secondary N) is 1. The molecule has 0 aromatic rings. The molecule has 2 fully saturated rings. The fourth-order valence-corrected chi connectivity index (χ4v) is 3.81. The molecule has 2 saturated carbocycles. The Morgan fingerprint density at radius 2 is 1.71 bits per heavy atom. The summed E-state index contributed by atoms with van der Waals surface area (Å²) in [5, 5.41) is 13.0. The zero-order valence-electron chi connectivity index (χ0n) is 11.2. The first kappa shape index (κ1) is 13.4. The van der Waals surface area contributed by atoms with Crippen molar-refractivity contribution in [3.63, 3.8) is 0 Å². The summed E-state index contributed by atoms with van der Waals surface area (Å²) in [5.41, 5.74) is 0.422. The predicted molar refractivity (Wildman–Crippen MR) is 72.0 cm³/mol. The molecule has 0 aliphatic heterocycles. The molecule has 0 heterocycles. The van der Waals surface area contributed by atoms with Crippen molar-refractivity contribution in [2.45, 2.75) is 64.2 Å². The lowest BCUT2D eigenvalue weighted by molar-refractivity contribution is 0.125. The average molecular weight is 239 g/mol. The third-order valence-corrected chi connectivity index (χ3v) is 4.96. The fraction of sp³-hybridized carbons (Fsp3) is 1.00. The van der Waals surface area contributed by atoms with Crippen molar-refractivity contribution in [1.82, 2.24) is 5.32 Å². The standard InChI is InChI=1S/C15H29NO/c17-11-10-15(8-4-1-5-9-15)13-16-12-14-6-2-3-7-14/h14,16-17H,1-13H2. The van der Waals surface area contributed by atoms with E-state index in [1.165, 1.54) is 64.3 Å². The lowest BCUT2D eigenvalue weighted by Crippen LogP contribution is -2.38. The van der Waals surface area contributed by atoms with E-state index in [4.69, 9.17) is 0 Å². The van der Waals surface area contributed by atoms with Crippen LogP contribution in [0.1, 0.15) is 64.2 Å². The van der Waals surface area contributed by atoms with Crippen LogP contribution >= 0.6 is 0 Å². The molecule has 0 aromatic heterocycles. The monoisotopic (exact) mass is 239 g/mol. The van der Waals surface area contributed by atoms with E-state index < -0.39 is 0 Å². The maximum atomic E-state index is 9.27. The van der Waals surface area contributed by atoms with Gasteiger partial charge in [0.15, 0.2) is 0 Å². The van der Waals surface area contributed by atoms with Gasteiger partial charge < -0.3 is 10.4 Å². The summed E-state index contributed by atoms with van der Waals surface area (Å²) in [4.78, 5) is 0. The number of aliphatic hydroxyl groups excluding tert-OH is 1. The minimum atomic E-state index is 0.366. The normalized spacial score (nSPS) is 25.2. The van der Waals surface area contributed by atoms with Crippen LogP contribution in [0.3, 0.4) is 0 Å². The van der Waals surface area contributed by atoms with Gasteiger partial charge in [-0.1, -0.05) is 32.1 Å². The summed E-state index contributed by atoms with van der Waals surface area (Å²) in [6, 6.07) is 0. The zero-order chi connectivity index (χ0) is 12.0. The van der Waals surface area contributed by atoms with E-state index in [-0.39, 0.29) is 0 Å². The van der Waals surface area contributed by atoms with Gasteiger partial charge in [0.05, 0.1) is 0 Å². The minimum absolute atomic E-state index is 0.366. The molecule has 0 spiro atoms. The lowest BCUT2D eigenvalue weighted by Gasteiger charge is -2.37. The first-order valence-corrected chi connectivity index (χ1v) is 7.66. The summed E-state index contributed by atoms with van der Waals surface area (Å²) in [5.74, 6) is 0.935. The second-order valence-corrected chi connectivity index (χ2v) is 6.32. The first-order chi connectivity index (χ1) is 8.35. The predicted octanol–water partition coefficient (Wildman–Crippen LogP) is 3.10. The smallest absolute Gasteiger partial charge is 0.0436 e. The fourth-order valence-electron chi connectivity index (χ4n) is 3.81. The number of hydrogen-bond donors (Lipinski definition) is 2. The zero-order valence-corrected chi connectivity index (χ0v) is 11.2. The summed E-state index contributed by atoms with van der Waals surface area (Å²) < 4.78 is 0. The van der Waals surface area contributed by atoms with E-state index in [0.29, 0.717) is 12.0 Å². The van der Waals surface area contributed by atoms with Crippen molar-refractivity contribution < 1.29 is 5.11 Å². The van der Waals surface area contributed by atoms with Gasteiger partial charge in [0.2, 0.25) is 0 Å². The highest BCUT2D eigenvalue weighted by atomic mass is 16.3. The quantitative estimate of drug-likeness (QED) is 0.746. The van der Waals surface area contributed by atoms with Gasteiger partial charge >= 0.3 is 0 Å². The Bertz CT molecular complexity index is 199. The average Bonchev–Trinajstić information content (AvgIpc) is 2.84. The molecule has 0 unspecified atom stereocenters. The molecule has 0 radical (unpaired) electrons. The van der Waals surface area contributed by atoms with Crippen LogP contribution in [0.2, 0.25) is 0 Å². The van der Waals surface area contributed by atoms with Crippen LogP contribution < -0.4 is 5.32 Å². The molecule has 0 atom stereocenters. The summed E-state index contributed by atoms with van der Waals surface area (Å²) >= 11 is 0. The summed E-state index contributed by atoms with van der Waals surface area (Å²) in [6.07, 6.45) is 13.5. The Hall–Kier alpha value is -0.0800. The van der Waals surface area contributed by atoms with Crippen LogP contribution in [0.5, 0.6) is 0 Å². The number of aliphatic hydroxyl groups is 1. The van der Waals surface area contributed by atoms with Gasteiger partial charge in [-0.15, -0.1) is 0 Å². The van der Waals surface area contributed by atoms with Crippen LogP contribution in [0.4, 0.5) is 0 Å². The SMILES string of the molecule is OCCC1(CNCC2CCCC2)CCCCC1. The van der Waals surface area contributed by atoms with Crippen molar-refractivity contribution in [2.75, 3.05) is 19.7 Å². The van der Waals surface area contributed by atoms with E-state index >= 15 is 0 Å². The van der Waals surface area contributed by atoms with Gasteiger partial charge in [-0.3, -0.25) is 0 Å². The van der Waals surface area contributed by atoms with Crippen LogP contribution in [0.15, 0.2) is 0 Å². The van der Waals surface area contributed by atoms with Crippen molar-refractivity contribution >= 4 is 0 Å². The van der Waals surface area contributed by atoms with Gasteiger partial charge in [-0.25, -0.2) is 0 Å². The lowest BCUT2D eigenvalue weighted by atomic mass is 9.72. The van der Waals surface area contributed by atoms with Gasteiger partial charge in [0, 0.05) is 13.2 Å². The molecular formula is C15H29NO. The van der Waals surface area contributed by atoms with Gasteiger partial charge in [0.1, 0.15) is 0 Å². The maximum Gasteiger partial charge on any atom is 0.0436 e. The number of hydrogen-bond acceptors (Lipinski definition) is 2. The van der Waals surface area contributed by atoms with Crippen molar-refractivity contribution in [3.05, 3.63) is 0 Å². The van der Waals surface area contributed by atoms with Crippen molar-refractivity contribution in [2.24, 2.45) is 11.3 Å². The van der Waals surface area contributed by atoms with Crippen LogP contribution in [-0.2, 0) is 0 Å². The second-order valence-electron chi connectivity index (χ2n) is 6.32. The van der Waals surface area contributed by atoms with Crippen molar-refractivity contribution in [3.8, 4) is 0 Å². The number of rotatable bonds is 6. The molecule has 0 amide bonds. The summed E-state index contributed by atoms with van der Waals surface area (Å²) in [6.45, 7) is 2.72. The molecule has 0 bridgehead atoms. The molecule has 17 heavy (non-hydrogen) atoms. The Balaban J connectivity index is 1.72. The highest BCUT2D eigenvalue weighted by Gasteiger charge is 2.31. The first-order valence-electron chi connectivity index (χ1n) is 7.66. The van der Waals surface area contributed by atoms with Crippen molar-refractivity contribution in [1.29, 1.82) is 0 Å². The van der Waals surface area contributed by atoms with E-state index in [2.05, 4.69) is 5.32 Å². The van der Waals surface area contributed by atoms with Crippen LogP contribution in [-0.4, -0.2) is 24.8 Å². The molecule has 0 aromatic carbocycles. The third kappa shape index (κ3) is 3.96. The van der Waals surface area contributed by atoms with Crippen LogP contribution in [0, 0.1) is 11.3 Å². The molecular weight excluding hydrogens is 210 g/mol. The molecule has 2 aliphatic rings. The molecule has 2 N–H and O–H groups in total. The molecule has 0 saturated heterocycles. The van der Waals surface area contributed by atoms with Crippen LogP contribution in [0.25, 0.3) is 0 Å². The molecule has 100 valence electrons. The van der Waals surface area contributed by atoms with Gasteiger partial charge in [-0.05, 0) is 50.0 Å². The molecule has 2 heteroatoms.